The van der Waals surface area contributed by atoms with Gasteiger partial charge in [-0.25, -0.2) is 0 Å². The summed E-state index contributed by atoms with van der Waals surface area (Å²) in [5.74, 6) is 1.04. The summed E-state index contributed by atoms with van der Waals surface area (Å²) >= 11 is 0. The molecule has 0 aliphatic carbocycles. The van der Waals surface area contributed by atoms with Gasteiger partial charge in [-0.2, -0.15) is 5.26 Å². The van der Waals surface area contributed by atoms with Crippen LogP contribution in [0.1, 0.15) is 35.4 Å². The number of nitrogens with zero attached hydrogens (tertiary/aromatic N) is 3. The Balaban J connectivity index is 1.80. The Morgan fingerprint density at radius 1 is 1.33 bits per heavy atom. The summed E-state index contributed by atoms with van der Waals surface area (Å²) in [6, 6.07) is 12.3. The van der Waals surface area contributed by atoms with E-state index in [-0.39, 0.29) is 17.9 Å². The van der Waals surface area contributed by atoms with Crippen molar-refractivity contribution in [3.63, 3.8) is 0 Å². The highest BCUT2D eigenvalue weighted by Crippen LogP contribution is 2.30. The first-order valence-electron chi connectivity index (χ1n) is 9.11. The Morgan fingerprint density at radius 3 is 2.59 bits per heavy atom. The fraction of sp³-hybridized carbons (Fsp3) is 0.429. The molecule has 6 nitrogen and oxygen atoms in total. The molecule has 1 N–H and O–H groups in total. The Hall–Kier alpha value is -2.78. The normalized spacial score (nSPS) is 19.7. The monoisotopic (exact) mass is 366 g/mol. The highest BCUT2D eigenvalue weighted by atomic mass is 16.5. The number of benzene rings is 1. The van der Waals surface area contributed by atoms with Crippen LogP contribution in [-0.4, -0.2) is 41.6 Å². The maximum atomic E-state index is 11.7. The number of amides is 1. The highest BCUT2D eigenvalue weighted by molar-refractivity contribution is 5.73. The molecule has 0 radical (unpaired) electrons. The molecule has 27 heavy (non-hydrogen) atoms. The lowest BCUT2D eigenvalue weighted by molar-refractivity contribution is -0.119. The highest BCUT2D eigenvalue weighted by Gasteiger charge is 2.34. The van der Waals surface area contributed by atoms with Gasteiger partial charge in [0.25, 0.3) is 0 Å². The zero-order valence-corrected chi connectivity index (χ0v) is 16.3. The third-order valence-electron chi connectivity index (χ3n) is 5.48. The minimum Gasteiger partial charge on any atom is -0.497 e. The van der Waals surface area contributed by atoms with Crippen LogP contribution in [-0.2, 0) is 18.4 Å². The Labute approximate surface area is 160 Å². The van der Waals surface area contributed by atoms with Crippen molar-refractivity contribution in [1.29, 1.82) is 5.26 Å². The number of methoxy groups -OCH3 is 1. The van der Waals surface area contributed by atoms with Gasteiger partial charge in [-0.15, -0.1) is 0 Å². The number of nitriles is 1. The second kappa shape index (κ2) is 7.85. The second-order valence-electron chi connectivity index (χ2n) is 7.19. The van der Waals surface area contributed by atoms with Gasteiger partial charge < -0.3 is 14.6 Å². The lowest BCUT2D eigenvalue weighted by atomic mass is 9.94. The van der Waals surface area contributed by atoms with Crippen molar-refractivity contribution in [2.45, 2.75) is 32.4 Å². The molecule has 2 heterocycles. The van der Waals surface area contributed by atoms with Crippen LogP contribution < -0.4 is 10.1 Å². The van der Waals surface area contributed by atoms with Gasteiger partial charge in [0.15, 0.2) is 0 Å². The summed E-state index contributed by atoms with van der Waals surface area (Å²) < 4.78 is 7.18. The minimum atomic E-state index is -0.0111. The van der Waals surface area contributed by atoms with Crippen molar-refractivity contribution in [3.8, 4) is 11.8 Å². The van der Waals surface area contributed by atoms with Crippen LogP contribution in [0, 0.1) is 18.3 Å². The maximum Gasteiger partial charge on any atom is 0.217 e. The lowest BCUT2D eigenvalue weighted by Crippen LogP contribution is -2.38. The predicted molar refractivity (Wildman–Crippen MR) is 103 cm³/mol. The number of ether oxygens (including phenoxy) is 1. The zero-order valence-electron chi connectivity index (χ0n) is 16.3. The number of carbonyl (C=O) groups excluding carboxylic acids is 1. The molecular weight excluding hydrogens is 340 g/mol. The number of likely N-dealkylation sites (tertiary alicyclic amines) is 1. The maximum absolute atomic E-state index is 11.7. The van der Waals surface area contributed by atoms with Crippen LogP contribution in [0.25, 0.3) is 0 Å². The minimum absolute atomic E-state index is 0.0111. The van der Waals surface area contributed by atoms with Crippen molar-refractivity contribution in [2.75, 3.05) is 20.2 Å². The van der Waals surface area contributed by atoms with Gasteiger partial charge in [-0.1, -0.05) is 12.1 Å². The van der Waals surface area contributed by atoms with Crippen LogP contribution >= 0.6 is 0 Å². The summed E-state index contributed by atoms with van der Waals surface area (Å²) in [7, 11) is 3.58. The van der Waals surface area contributed by atoms with E-state index >= 15 is 0 Å². The van der Waals surface area contributed by atoms with E-state index in [0.717, 1.165) is 36.6 Å². The molecule has 0 bridgehead atoms. The van der Waals surface area contributed by atoms with Crippen molar-refractivity contribution in [3.05, 3.63) is 52.8 Å². The fourth-order valence-corrected chi connectivity index (χ4v) is 3.88. The van der Waals surface area contributed by atoms with Crippen LogP contribution in [0.15, 0.2) is 30.3 Å². The molecule has 0 saturated carbocycles. The molecule has 1 aromatic carbocycles. The standard InChI is InChI=1S/C21H26N4O2/c1-14-17(9-18(10-22)24(14)3)11-25-12-20(21(13-25)23-15(2)26)16-5-7-19(27-4)8-6-16/h5-9,20-21H,11-13H2,1-4H3,(H,23,26)/t20-,21+/m0/s1. The van der Waals surface area contributed by atoms with Gasteiger partial charge in [0.1, 0.15) is 17.5 Å². The topological polar surface area (TPSA) is 70.3 Å². The van der Waals surface area contributed by atoms with E-state index in [0.29, 0.717) is 5.69 Å². The van der Waals surface area contributed by atoms with Gasteiger partial charge in [0.05, 0.1) is 7.11 Å². The number of carbonyl (C=O) groups is 1. The third kappa shape index (κ3) is 3.99. The molecule has 6 heteroatoms. The first-order valence-corrected chi connectivity index (χ1v) is 9.11. The molecule has 0 unspecified atom stereocenters. The SMILES string of the molecule is COc1ccc([C@@H]2CN(Cc3cc(C#N)n(C)c3C)C[C@H]2NC(C)=O)cc1. The molecule has 1 saturated heterocycles. The van der Waals surface area contributed by atoms with Crippen molar-refractivity contribution < 1.29 is 9.53 Å². The van der Waals surface area contributed by atoms with E-state index in [4.69, 9.17) is 4.74 Å². The Kier molecular flexibility index (Phi) is 5.52. The molecule has 1 fully saturated rings. The molecule has 0 spiro atoms. The van der Waals surface area contributed by atoms with Gasteiger partial charge in [-0.3, -0.25) is 9.69 Å². The van der Waals surface area contributed by atoms with E-state index in [1.807, 2.05) is 36.7 Å². The molecule has 2 atom stereocenters. The largest absolute Gasteiger partial charge is 0.497 e. The van der Waals surface area contributed by atoms with E-state index < -0.39 is 0 Å². The van der Waals surface area contributed by atoms with E-state index in [1.165, 1.54) is 5.56 Å². The van der Waals surface area contributed by atoms with Crippen molar-refractivity contribution in [2.24, 2.45) is 7.05 Å². The van der Waals surface area contributed by atoms with Crippen molar-refractivity contribution in [1.82, 2.24) is 14.8 Å². The average Bonchev–Trinajstić information content (AvgIpc) is 3.17. The summed E-state index contributed by atoms with van der Waals surface area (Å²) in [5.41, 5.74) is 4.13. The first-order chi connectivity index (χ1) is 12.9. The third-order valence-corrected chi connectivity index (χ3v) is 5.48. The molecular formula is C21H26N4O2. The summed E-state index contributed by atoms with van der Waals surface area (Å²) in [6.07, 6.45) is 0. The van der Waals surface area contributed by atoms with Crippen LogP contribution in [0.4, 0.5) is 0 Å². The zero-order chi connectivity index (χ0) is 19.6. The molecule has 1 aliphatic heterocycles. The molecule has 2 aromatic rings. The number of nitrogens with one attached hydrogen (secondary N) is 1. The second-order valence-corrected chi connectivity index (χ2v) is 7.19. The summed E-state index contributed by atoms with van der Waals surface area (Å²) in [6.45, 7) is 6.01. The Bertz CT molecular complexity index is 864. The number of rotatable bonds is 5. The van der Waals surface area contributed by atoms with Gasteiger partial charge in [0, 0.05) is 51.3 Å². The number of aromatic nitrogens is 1. The average molecular weight is 366 g/mol. The summed E-state index contributed by atoms with van der Waals surface area (Å²) in [5, 5.41) is 12.4. The predicted octanol–water partition coefficient (Wildman–Crippen LogP) is 2.32. The van der Waals surface area contributed by atoms with E-state index in [1.54, 1.807) is 14.0 Å². The molecule has 1 aromatic heterocycles. The number of hydrogen-bond acceptors (Lipinski definition) is 4. The quantitative estimate of drug-likeness (QED) is 0.882. The van der Waals surface area contributed by atoms with Crippen molar-refractivity contribution >= 4 is 5.91 Å². The van der Waals surface area contributed by atoms with Crippen LogP contribution in [0.2, 0.25) is 0 Å². The lowest BCUT2D eigenvalue weighted by Gasteiger charge is -2.19. The summed E-state index contributed by atoms with van der Waals surface area (Å²) in [4.78, 5) is 14.0. The smallest absolute Gasteiger partial charge is 0.217 e. The fourth-order valence-electron chi connectivity index (χ4n) is 3.88. The van der Waals surface area contributed by atoms with E-state index in [2.05, 4.69) is 28.4 Å². The van der Waals surface area contributed by atoms with Crippen LogP contribution in [0.5, 0.6) is 5.75 Å². The number of hydrogen-bond donors (Lipinski definition) is 1. The van der Waals surface area contributed by atoms with Crippen LogP contribution in [0.3, 0.4) is 0 Å². The van der Waals surface area contributed by atoms with E-state index in [9.17, 15) is 10.1 Å². The molecule has 1 aliphatic rings. The first kappa shape index (κ1) is 19.0. The van der Waals surface area contributed by atoms with Gasteiger partial charge >= 0.3 is 0 Å². The molecule has 142 valence electrons. The molecule has 3 rings (SSSR count). The van der Waals surface area contributed by atoms with Gasteiger partial charge in [-0.05, 0) is 36.2 Å². The van der Waals surface area contributed by atoms with Gasteiger partial charge in [0.2, 0.25) is 5.91 Å². The Morgan fingerprint density at radius 2 is 2.04 bits per heavy atom. The molecule has 1 amide bonds.